The van der Waals surface area contributed by atoms with Gasteiger partial charge >= 0.3 is 0 Å². The summed E-state index contributed by atoms with van der Waals surface area (Å²) in [5.41, 5.74) is 10.2. The minimum absolute atomic E-state index is 0.0479. The first kappa shape index (κ1) is 30.2. The first-order chi connectivity index (χ1) is 22.5. The Morgan fingerprint density at radius 2 is 0.479 bits per heavy atom. The fraction of sp³-hybridized carbons (Fsp3) is 0.286. The molecule has 8 rings (SSSR count). The minimum Gasteiger partial charge on any atom is -0.451 e. The Hall–Kier alpha value is -5.10. The van der Waals surface area contributed by atoms with Crippen molar-refractivity contribution in [2.45, 2.75) is 83.1 Å². The van der Waals surface area contributed by atoms with Gasteiger partial charge < -0.3 is 8.83 Å². The van der Waals surface area contributed by atoms with Crippen LogP contribution in [0, 0.1) is 83.1 Å². The molecule has 0 fully saturated rings. The molecule has 2 aromatic heterocycles. The predicted octanol–water partition coefficient (Wildman–Crippen LogP) is 8.96. The van der Waals surface area contributed by atoms with Crippen molar-refractivity contribution < 1.29 is 8.83 Å². The largest absolute Gasteiger partial charge is 0.451 e. The lowest BCUT2D eigenvalue weighted by Crippen LogP contribution is -2.16. The molecule has 0 unspecified atom stereocenters. The van der Waals surface area contributed by atoms with Gasteiger partial charge in [0.1, 0.15) is 11.2 Å². The monoisotopic (exact) mass is 636 g/mol. The minimum atomic E-state index is -0.297. The standard InChI is InChI=1S/C42H36O6/c1-13-15(3)19(7)29-27(17(13)5)35(43)33-31-25-21(9)24(12)40-32(26(25)22(10)23(11)39(31)47-41(33)37(29)45)34-36(44)28-18(6)14(2)16(4)20(8)30(28)38(46)42(34)48-40/h1-12H3. The van der Waals surface area contributed by atoms with E-state index in [4.69, 9.17) is 8.83 Å². The van der Waals surface area contributed by atoms with Crippen molar-refractivity contribution in [3.05, 3.63) is 108 Å². The molecule has 48 heavy (non-hydrogen) atoms. The molecule has 0 aliphatic carbocycles. The number of hydrogen-bond acceptors (Lipinski definition) is 6. The van der Waals surface area contributed by atoms with E-state index < -0.39 is 0 Å². The number of furan rings is 2. The van der Waals surface area contributed by atoms with Crippen molar-refractivity contribution in [3.8, 4) is 0 Å². The number of rotatable bonds is 0. The molecule has 0 atom stereocenters. The van der Waals surface area contributed by atoms with Gasteiger partial charge in [-0.15, -0.1) is 0 Å². The van der Waals surface area contributed by atoms with Crippen molar-refractivity contribution in [3.63, 3.8) is 0 Å². The van der Waals surface area contributed by atoms with Crippen LogP contribution in [0.1, 0.15) is 66.8 Å². The number of benzene rings is 6. The van der Waals surface area contributed by atoms with Crippen LogP contribution < -0.4 is 21.7 Å². The number of aryl methyl sites for hydroxylation is 8. The van der Waals surface area contributed by atoms with Gasteiger partial charge in [-0.3, -0.25) is 19.2 Å². The number of fused-ring (bicyclic) bond motifs is 11. The molecule has 0 aliphatic rings. The normalized spacial score (nSPS) is 12.5. The first-order valence-corrected chi connectivity index (χ1v) is 16.4. The Kier molecular flexibility index (Phi) is 5.85. The van der Waals surface area contributed by atoms with Gasteiger partial charge in [-0.05, 0) is 161 Å². The van der Waals surface area contributed by atoms with E-state index in [-0.39, 0.29) is 43.7 Å². The average molecular weight is 637 g/mol. The van der Waals surface area contributed by atoms with Gasteiger partial charge in [0.05, 0.1) is 10.8 Å². The van der Waals surface area contributed by atoms with Gasteiger partial charge in [-0.25, -0.2) is 0 Å². The molecule has 6 nitrogen and oxygen atoms in total. The lowest BCUT2D eigenvalue weighted by molar-refractivity contribution is 0.661. The van der Waals surface area contributed by atoms with Crippen molar-refractivity contribution in [1.82, 2.24) is 0 Å². The summed E-state index contributed by atoms with van der Waals surface area (Å²) >= 11 is 0. The SMILES string of the molecule is Cc1c(C)c(C)c2c(=O)c3c(oc4c(C)c(C)c5c(c(C)c(C)c6oc7c(=O)c8c(C)c(C)c(C)c(C)c8c(=O)c7c65)c43)c(=O)c2c1C. The fourth-order valence-corrected chi connectivity index (χ4v) is 8.57. The van der Waals surface area contributed by atoms with Crippen molar-refractivity contribution in [2.75, 3.05) is 0 Å². The topological polar surface area (TPSA) is 94.6 Å². The summed E-state index contributed by atoms with van der Waals surface area (Å²) in [6, 6.07) is 0. The van der Waals surface area contributed by atoms with E-state index in [1.807, 2.05) is 83.1 Å². The van der Waals surface area contributed by atoms with Crippen LogP contribution in [0.5, 0.6) is 0 Å². The van der Waals surface area contributed by atoms with Crippen LogP contribution in [-0.2, 0) is 0 Å². The van der Waals surface area contributed by atoms with E-state index in [1.165, 1.54) is 0 Å². The highest BCUT2D eigenvalue weighted by molar-refractivity contribution is 6.31. The molecule has 2 heterocycles. The fourth-order valence-electron chi connectivity index (χ4n) is 8.57. The van der Waals surface area contributed by atoms with Crippen LogP contribution in [0.25, 0.3) is 76.2 Å². The molecule has 0 amide bonds. The van der Waals surface area contributed by atoms with Gasteiger partial charge in [-0.2, -0.15) is 0 Å². The molecule has 8 aromatic rings. The van der Waals surface area contributed by atoms with Crippen LogP contribution in [0.2, 0.25) is 0 Å². The molecule has 0 radical (unpaired) electrons. The first-order valence-electron chi connectivity index (χ1n) is 16.4. The zero-order valence-corrected chi connectivity index (χ0v) is 29.4. The smallest absolute Gasteiger partial charge is 0.230 e. The highest BCUT2D eigenvalue weighted by atomic mass is 16.3. The molecule has 0 N–H and O–H groups in total. The molecular formula is C42H36O6. The summed E-state index contributed by atoms with van der Waals surface area (Å²) < 4.78 is 12.9. The quantitative estimate of drug-likeness (QED) is 0.165. The highest BCUT2D eigenvalue weighted by Crippen LogP contribution is 2.46. The predicted molar refractivity (Wildman–Crippen MR) is 198 cm³/mol. The Morgan fingerprint density at radius 1 is 0.229 bits per heavy atom. The van der Waals surface area contributed by atoms with Crippen LogP contribution in [0.3, 0.4) is 0 Å². The molecule has 0 spiro atoms. The zero-order chi connectivity index (χ0) is 34.7. The molecule has 0 aliphatic heterocycles. The third-order valence-electron chi connectivity index (χ3n) is 12.3. The lowest BCUT2D eigenvalue weighted by Gasteiger charge is -2.15. The van der Waals surface area contributed by atoms with E-state index in [1.54, 1.807) is 0 Å². The maximum absolute atomic E-state index is 14.7. The van der Waals surface area contributed by atoms with Crippen LogP contribution in [-0.4, -0.2) is 0 Å². The summed E-state index contributed by atoms with van der Waals surface area (Å²) in [5.74, 6) is 0. The maximum Gasteiger partial charge on any atom is 0.230 e. The molecule has 0 saturated carbocycles. The van der Waals surface area contributed by atoms with Gasteiger partial charge in [0, 0.05) is 32.3 Å². The Labute approximate surface area is 275 Å². The second kappa shape index (κ2) is 9.28. The van der Waals surface area contributed by atoms with Crippen molar-refractivity contribution in [2.24, 2.45) is 0 Å². The van der Waals surface area contributed by atoms with Crippen LogP contribution in [0.15, 0.2) is 28.0 Å². The van der Waals surface area contributed by atoms with Crippen molar-refractivity contribution >= 4 is 76.2 Å². The molecule has 240 valence electrons. The molecule has 6 aromatic carbocycles. The summed E-state index contributed by atoms with van der Waals surface area (Å²) in [4.78, 5) is 57.9. The van der Waals surface area contributed by atoms with E-state index >= 15 is 0 Å². The van der Waals surface area contributed by atoms with Gasteiger partial charge in [-0.1, -0.05) is 0 Å². The lowest BCUT2D eigenvalue weighted by atomic mass is 9.86. The second-order valence-corrected chi connectivity index (χ2v) is 14.1. The van der Waals surface area contributed by atoms with E-state index in [2.05, 4.69) is 0 Å². The molecule has 0 bridgehead atoms. The highest BCUT2D eigenvalue weighted by Gasteiger charge is 2.30. The Balaban J connectivity index is 1.74. The zero-order valence-electron chi connectivity index (χ0n) is 29.4. The number of hydrogen-bond donors (Lipinski definition) is 0. The van der Waals surface area contributed by atoms with Crippen LogP contribution in [0.4, 0.5) is 0 Å². The summed E-state index contributed by atoms with van der Waals surface area (Å²) in [7, 11) is 0. The Morgan fingerprint density at radius 3 is 0.771 bits per heavy atom. The third-order valence-corrected chi connectivity index (χ3v) is 12.3. The average Bonchev–Trinajstić information content (AvgIpc) is 3.66. The van der Waals surface area contributed by atoms with E-state index in [0.29, 0.717) is 43.5 Å². The van der Waals surface area contributed by atoms with Gasteiger partial charge in [0.2, 0.25) is 10.9 Å². The molecular weight excluding hydrogens is 600 g/mol. The summed E-state index contributed by atoms with van der Waals surface area (Å²) in [6.07, 6.45) is 0. The van der Waals surface area contributed by atoms with Crippen molar-refractivity contribution in [1.29, 1.82) is 0 Å². The second-order valence-electron chi connectivity index (χ2n) is 14.1. The Bertz CT molecular complexity index is 2920. The summed E-state index contributed by atoms with van der Waals surface area (Å²) in [6.45, 7) is 23.2. The van der Waals surface area contributed by atoms with E-state index in [9.17, 15) is 19.2 Å². The molecule has 6 heteroatoms. The summed E-state index contributed by atoms with van der Waals surface area (Å²) in [5, 5.41) is 4.76. The third kappa shape index (κ3) is 3.19. The van der Waals surface area contributed by atoms with E-state index in [0.717, 1.165) is 77.5 Å². The van der Waals surface area contributed by atoms with Crippen LogP contribution >= 0.6 is 0 Å². The molecule has 0 saturated heterocycles. The van der Waals surface area contributed by atoms with Gasteiger partial charge in [0.25, 0.3) is 0 Å². The van der Waals surface area contributed by atoms with Gasteiger partial charge in [0.15, 0.2) is 22.0 Å². The maximum atomic E-state index is 14.7.